The Morgan fingerprint density at radius 1 is 0.917 bits per heavy atom. The van der Waals surface area contributed by atoms with Crippen LogP contribution in [0.2, 0.25) is 0 Å². The zero-order chi connectivity index (χ0) is 16.5. The molecule has 0 unspecified atom stereocenters. The summed E-state index contributed by atoms with van der Waals surface area (Å²) in [6, 6.07) is 17.1. The molecule has 4 aromatic rings. The maximum absolute atomic E-state index is 13.9. The summed E-state index contributed by atoms with van der Waals surface area (Å²) in [5.41, 5.74) is 2.03. The lowest BCUT2D eigenvalue weighted by atomic mass is 10.1. The average molecular weight is 319 g/mol. The van der Waals surface area contributed by atoms with Crippen molar-refractivity contribution >= 4 is 10.9 Å². The molecule has 0 aliphatic rings. The van der Waals surface area contributed by atoms with Crippen molar-refractivity contribution in [3.8, 4) is 22.8 Å². The molecule has 5 heteroatoms. The first-order valence-corrected chi connectivity index (χ1v) is 7.52. The minimum Gasteiger partial charge on any atom is -0.457 e. The van der Waals surface area contributed by atoms with Crippen LogP contribution in [0.15, 0.2) is 67.0 Å². The summed E-state index contributed by atoms with van der Waals surface area (Å²) in [6.45, 7) is 0. The number of rotatable bonds is 3. The quantitative estimate of drug-likeness (QED) is 0.555. The highest BCUT2D eigenvalue weighted by Gasteiger charge is 2.14. The van der Waals surface area contributed by atoms with Crippen molar-refractivity contribution in [1.82, 2.24) is 14.8 Å². The van der Waals surface area contributed by atoms with Crippen molar-refractivity contribution < 1.29 is 9.13 Å². The lowest BCUT2D eigenvalue weighted by Crippen LogP contribution is -1.92. The zero-order valence-electron chi connectivity index (χ0n) is 13.0. The van der Waals surface area contributed by atoms with Crippen LogP contribution in [-0.4, -0.2) is 14.8 Å². The Balaban J connectivity index is 1.70. The van der Waals surface area contributed by atoms with Crippen molar-refractivity contribution in [3.05, 3.63) is 72.8 Å². The molecule has 24 heavy (non-hydrogen) atoms. The fourth-order valence-corrected chi connectivity index (χ4v) is 2.70. The number of hydrogen-bond acceptors (Lipinski definition) is 3. The number of hydrogen-bond donors (Lipinski definition) is 0. The molecule has 0 aliphatic heterocycles. The molecule has 0 atom stereocenters. The monoisotopic (exact) mass is 319 g/mol. The van der Waals surface area contributed by atoms with Gasteiger partial charge in [0.2, 0.25) is 0 Å². The molecule has 0 N–H and O–H groups in total. The van der Waals surface area contributed by atoms with Gasteiger partial charge in [-0.1, -0.05) is 18.2 Å². The second kappa shape index (κ2) is 5.77. The van der Waals surface area contributed by atoms with E-state index in [0.29, 0.717) is 16.6 Å². The third-order valence-electron chi connectivity index (χ3n) is 3.81. The minimum atomic E-state index is -0.377. The van der Waals surface area contributed by atoms with Gasteiger partial charge in [0.1, 0.15) is 22.7 Å². The first-order valence-electron chi connectivity index (χ1n) is 7.52. The highest BCUT2D eigenvalue weighted by molar-refractivity contribution is 5.92. The number of aromatic nitrogens is 3. The molecule has 0 bridgehead atoms. The third kappa shape index (κ3) is 2.50. The van der Waals surface area contributed by atoms with E-state index in [9.17, 15) is 4.39 Å². The summed E-state index contributed by atoms with van der Waals surface area (Å²) in [5, 5.41) is 5.12. The molecule has 0 radical (unpaired) electrons. The smallest absolute Gasteiger partial charge is 0.167 e. The number of fused-ring (bicyclic) bond motifs is 1. The van der Waals surface area contributed by atoms with Gasteiger partial charge < -0.3 is 4.74 Å². The van der Waals surface area contributed by atoms with Crippen LogP contribution in [0.5, 0.6) is 11.5 Å². The van der Waals surface area contributed by atoms with Gasteiger partial charge in [-0.2, -0.15) is 5.10 Å². The maximum Gasteiger partial charge on any atom is 0.167 e. The molecule has 0 amide bonds. The Labute approximate surface area is 138 Å². The van der Waals surface area contributed by atoms with Crippen molar-refractivity contribution in [3.63, 3.8) is 0 Å². The molecule has 2 aromatic heterocycles. The van der Waals surface area contributed by atoms with Gasteiger partial charge in [0.15, 0.2) is 5.82 Å². The van der Waals surface area contributed by atoms with Crippen molar-refractivity contribution in [2.45, 2.75) is 0 Å². The number of nitrogens with zero attached hydrogens (tertiary/aromatic N) is 3. The van der Waals surface area contributed by atoms with Gasteiger partial charge in [-0.3, -0.25) is 9.67 Å². The SMILES string of the molecule is Cn1nc(-c2ccc(Oc3ccccc3)cc2)c2cncc(F)c21. The summed E-state index contributed by atoms with van der Waals surface area (Å²) in [5.74, 6) is 1.13. The lowest BCUT2D eigenvalue weighted by molar-refractivity contribution is 0.483. The van der Waals surface area contributed by atoms with Gasteiger partial charge in [-0.25, -0.2) is 4.39 Å². The van der Waals surface area contributed by atoms with E-state index in [-0.39, 0.29) is 5.82 Å². The lowest BCUT2D eigenvalue weighted by Gasteiger charge is -2.06. The third-order valence-corrected chi connectivity index (χ3v) is 3.81. The maximum atomic E-state index is 13.9. The summed E-state index contributed by atoms with van der Waals surface area (Å²) in [4.78, 5) is 3.93. The van der Waals surface area contributed by atoms with Gasteiger partial charge >= 0.3 is 0 Å². The number of para-hydroxylation sites is 1. The topological polar surface area (TPSA) is 39.9 Å². The fraction of sp³-hybridized carbons (Fsp3) is 0.0526. The first kappa shape index (κ1) is 14.4. The number of pyridine rings is 1. The van der Waals surface area contributed by atoms with E-state index in [2.05, 4.69) is 10.1 Å². The largest absolute Gasteiger partial charge is 0.457 e. The second-order valence-corrected chi connectivity index (χ2v) is 5.43. The van der Waals surface area contributed by atoms with E-state index in [1.807, 2.05) is 54.6 Å². The summed E-state index contributed by atoms with van der Waals surface area (Å²) < 4.78 is 21.3. The normalized spacial score (nSPS) is 10.9. The Bertz CT molecular complexity index is 994. The van der Waals surface area contributed by atoms with Gasteiger partial charge in [0.25, 0.3) is 0 Å². The average Bonchev–Trinajstić information content (AvgIpc) is 2.95. The Kier molecular flexibility index (Phi) is 3.46. The van der Waals surface area contributed by atoms with Crippen LogP contribution >= 0.6 is 0 Å². The second-order valence-electron chi connectivity index (χ2n) is 5.43. The van der Waals surface area contributed by atoms with Crippen LogP contribution in [0.3, 0.4) is 0 Å². The fourth-order valence-electron chi connectivity index (χ4n) is 2.70. The predicted octanol–water partition coefficient (Wildman–Crippen LogP) is 4.57. The summed E-state index contributed by atoms with van der Waals surface area (Å²) in [6.07, 6.45) is 2.83. The Morgan fingerprint density at radius 3 is 2.38 bits per heavy atom. The minimum absolute atomic E-state index is 0.377. The molecule has 118 valence electrons. The molecule has 0 spiro atoms. The van der Waals surface area contributed by atoms with Gasteiger partial charge in [0, 0.05) is 24.2 Å². The molecule has 0 saturated heterocycles. The molecule has 0 fully saturated rings. The Hall–Kier alpha value is -3.21. The van der Waals surface area contributed by atoms with Crippen molar-refractivity contribution in [1.29, 1.82) is 0 Å². The zero-order valence-corrected chi connectivity index (χ0v) is 13.0. The van der Waals surface area contributed by atoms with Crippen LogP contribution in [0, 0.1) is 5.82 Å². The van der Waals surface area contributed by atoms with Crippen LogP contribution in [-0.2, 0) is 7.05 Å². The summed E-state index contributed by atoms with van der Waals surface area (Å²) >= 11 is 0. The van der Waals surface area contributed by atoms with Gasteiger partial charge in [-0.15, -0.1) is 0 Å². The van der Waals surface area contributed by atoms with Crippen LogP contribution in [0.25, 0.3) is 22.2 Å². The standard InChI is InChI=1S/C19H14FN3O/c1-23-19-16(11-21-12-17(19)20)18(22-23)13-7-9-15(10-8-13)24-14-5-3-2-4-6-14/h2-12H,1H3. The molecule has 4 nitrogen and oxygen atoms in total. The highest BCUT2D eigenvalue weighted by Crippen LogP contribution is 2.30. The number of benzene rings is 2. The van der Waals surface area contributed by atoms with E-state index >= 15 is 0 Å². The van der Waals surface area contributed by atoms with Crippen LogP contribution < -0.4 is 4.74 Å². The first-order chi connectivity index (χ1) is 11.7. The number of halogens is 1. The van der Waals surface area contributed by atoms with Crippen molar-refractivity contribution in [2.24, 2.45) is 7.05 Å². The molecule has 0 aliphatic carbocycles. The molecule has 2 aromatic carbocycles. The molecule has 4 rings (SSSR count). The van der Waals surface area contributed by atoms with E-state index in [0.717, 1.165) is 17.1 Å². The molecule has 0 saturated carbocycles. The van der Waals surface area contributed by atoms with E-state index in [4.69, 9.17) is 4.74 Å². The van der Waals surface area contributed by atoms with E-state index in [1.54, 1.807) is 13.2 Å². The highest BCUT2D eigenvalue weighted by atomic mass is 19.1. The number of aryl methyl sites for hydroxylation is 1. The van der Waals surface area contributed by atoms with Crippen molar-refractivity contribution in [2.75, 3.05) is 0 Å². The van der Waals surface area contributed by atoms with Crippen LogP contribution in [0.1, 0.15) is 0 Å². The molecular formula is C19H14FN3O. The van der Waals surface area contributed by atoms with Gasteiger partial charge in [0.05, 0.1) is 6.20 Å². The summed E-state index contributed by atoms with van der Waals surface area (Å²) in [7, 11) is 1.72. The van der Waals surface area contributed by atoms with Gasteiger partial charge in [-0.05, 0) is 36.4 Å². The van der Waals surface area contributed by atoms with E-state index in [1.165, 1.54) is 10.9 Å². The predicted molar refractivity (Wildman–Crippen MR) is 90.4 cm³/mol. The molecule has 2 heterocycles. The van der Waals surface area contributed by atoms with E-state index < -0.39 is 0 Å². The number of ether oxygens (including phenoxy) is 1. The Morgan fingerprint density at radius 2 is 1.62 bits per heavy atom. The van der Waals surface area contributed by atoms with Crippen LogP contribution in [0.4, 0.5) is 4.39 Å². The molecular weight excluding hydrogens is 305 g/mol.